The summed E-state index contributed by atoms with van der Waals surface area (Å²) in [5, 5.41) is 11.6. The van der Waals surface area contributed by atoms with Gasteiger partial charge in [0.2, 0.25) is 0 Å². The zero-order chi connectivity index (χ0) is 14.1. The van der Waals surface area contributed by atoms with Crippen LogP contribution in [0.25, 0.3) is 0 Å². The molecule has 100 valence electrons. The van der Waals surface area contributed by atoms with Crippen LogP contribution in [0, 0.1) is 23.0 Å². The minimum atomic E-state index is -0.725. The standard InChI is InChI=1S/C16H12F2N2/c17-14-5-10(9-19)6-15(18)16(14)20-13-7-11-3-1-2-4-12(11)8-13/h1-6,13,20H,7-8H2. The van der Waals surface area contributed by atoms with Crippen molar-refractivity contribution in [3.05, 3.63) is 64.7 Å². The molecule has 0 unspecified atom stereocenters. The second-order valence-electron chi connectivity index (χ2n) is 4.94. The number of fused-ring (bicyclic) bond motifs is 1. The van der Waals surface area contributed by atoms with E-state index in [0.717, 1.165) is 25.0 Å². The number of rotatable bonds is 2. The molecule has 1 aliphatic rings. The average Bonchev–Trinajstić information content (AvgIpc) is 2.85. The van der Waals surface area contributed by atoms with Crippen LogP contribution in [0.2, 0.25) is 0 Å². The highest BCUT2D eigenvalue weighted by Gasteiger charge is 2.23. The Balaban J connectivity index is 1.83. The van der Waals surface area contributed by atoms with Gasteiger partial charge in [0.15, 0.2) is 11.6 Å². The Hall–Kier alpha value is -2.41. The first-order valence-corrected chi connectivity index (χ1v) is 6.40. The van der Waals surface area contributed by atoms with Crippen LogP contribution in [-0.4, -0.2) is 6.04 Å². The van der Waals surface area contributed by atoms with Crippen molar-refractivity contribution in [1.82, 2.24) is 0 Å². The predicted octanol–water partition coefficient (Wildman–Crippen LogP) is 3.42. The molecular formula is C16H12F2N2. The second-order valence-corrected chi connectivity index (χ2v) is 4.94. The highest BCUT2D eigenvalue weighted by molar-refractivity contribution is 5.52. The molecule has 0 fully saturated rings. The van der Waals surface area contributed by atoms with Crippen molar-refractivity contribution in [3.8, 4) is 6.07 Å². The molecule has 3 rings (SSSR count). The lowest BCUT2D eigenvalue weighted by Crippen LogP contribution is -2.21. The Morgan fingerprint density at radius 3 is 2.10 bits per heavy atom. The van der Waals surface area contributed by atoms with E-state index in [-0.39, 0.29) is 17.3 Å². The quantitative estimate of drug-likeness (QED) is 0.907. The van der Waals surface area contributed by atoms with Crippen molar-refractivity contribution in [1.29, 1.82) is 5.26 Å². The van der Waals surface area contributed by atoms with Gasteiger partial charge in [0.1, 0.15) is 5.69 Å². The minimum absolute atomic E-state index is 0.0136. The van der Waals surface area contributed by atoms with Crippen molar-refractivity contribution >= 4 is 5.69 Å². The predicted molar refractivity (Wildman–Crippen MR) is 72.3 cm³/mol. The molecule has 0 atom stereocenters. The van der Waals surface area contributed by atoms with Crippen molar-refractivity contribution in [2.24, 2.45) is 0 Å². The molecule has 2 aromatic rings. The fourth-order valence-electron chi connectivity index (χ4n) is 2.64. The lowest BCUT2D eigenvalue weighted by molar-refractivity contribution is 0.581. The molecule has 4 heteroatoms. The summed E-state index contributed by atoms with van der Waals surface area (Å²) in [6.07, 6.45) is 1.49. The molecule has 0 aromatic heterocycles. The normalized spacial score (nSPS) is 13.8. The third-order valence-electron chi connectivity index (χ3n) is 3.57. The van der Waals surface area contributed by atoms with Crippen LogP contribution in [0.1, 0.15) is 16.7 Å². The van der Waals surface area contributed by atoms with Gasteiger partial charge in [-0.15, -0.1) is 0 Å². The molecule has 2 aromatic carbocycles. The summed E-state index contributed by atoms with van der Waals surface area (Å²) in [4.78, 5) is 0. The van der Waals surface area contributed by atoms with Crippen molar-refractivity contribution in [2.75, 3.05) is 5.32 Å². The highest BCUT2D eigenvalue weighted by Crippen LogP contribution is 2.27. The molecule has 0 radical (unpaired) electrons. The molecule has 20 heavy (non-hydrogen) atoms. The summed E-state index contributed by atoms with van der Waals surface area (Å²) in [5.41, 5.74) is 2.25. The highest BCUT2D eigenvalue weighted by atomic mass is 19.1. The maximum absolute atomic E-state index is 13.8. The van der Waals surface area contributed by atoms with Crippen LogP contribution in [0.3, 0.4) is 0 Å². The van der Waals surface area contributed by atoms with E-state index < -0.39 is 11.6 Å². The van der Waals surface area contributed by atoms with Crippen molar-refractivity contribution in [2.45, 2.75) is 18.9 Å². The Morgan fingerprint density at radius 1 is 1.05 bits per heavy atom. The van der Waals surface area contributed by atoms with Crippen molar-refractivity contribution in [3.63, 3.8) is 0 Å². The Kier molecular flexibility index (Phi) is 3.11. The maximum Gasteiger partial charge on any atom is 0.150 e. The van der Waals surface area contributed by atoms with E-state index in [1.54, 1.807) is 6.07 Å². The SMILES string of the molecule is N#Cc1cc(F)c(NC2Cc3ccccc3C2)c(F)c1. The first-order chi connectivity index (χ1) is 9.67. The maximum atomic E-state index is 13.8. The van der Waals surface area contributed by atoms with Gasteiger partial charge in [-0.1, -0.05) is 24.3 Å². The lowest BCUT2D eigenvalue weighted by Gasteiger charge is -2.15. The number of nitrogens with one attached hydrogen (secondary N) is 1. The number of benzene rings is 2. The summed E-state index contributed by atoms with van der Waals surface area (Å²) in [6, 6.07) is 11.8. The zero-order valence-electron chi connectivity index (χ0n) is 10.7. The summed E-state index contributed by atoms with van der Waals surface area (Å²) in [6.45, 7) is 0. The van der Waals surface area contributed by atoms with Crippen LogP contribution in [0.15, 0.2) is 36.4 Å². The number of halogens is 2. The van der Waals surface area contributed by atoms with Gasteiger partial charge < -0.3 is 5.32 Å². The molecule has 0 spiro atoms. The number of hydrogen-bond acceptors (Lipinski definition) is 2. The first-order valence-electron chi connectivity index (χ1n) is 6.40. The number of nitriles is 1. The van der Waals surface area contributed by atoms with Gasteiger partial charge >= 0.3 is 0 Å². The summed E-state index contributed by atoms with van der Waals surface area (Å²) < 4.78 is 27.7. The smallest absolute Gasteiger partial charge is 0.150 e. The monoisotopic (exact) mass is 270 g/mol. The molecule has 0 saturated carbocycles. The number of hydrogen-bond donors (Lipinski definition) is 1. The van der Waals surface area contributed by atoms with Crippen LogP contribution >= 0.6 is 0 Å². The Morgan fingerprint density at radius 2 is 1.60 bits per heavy atom. The van der Waals surface area contributed by atoms with Gasteiger partial charge in [0.05, 0.1) is 11.6 Å². The molecular weight excluding hydrogens is 258 g/mol. The largest absolute Gasteiger partial charge is 0.377 e. The van der Waals surface area contributed by atoms with Crippen LogP contribution in [-0.2, 0) is 12.8 Å². The molecule has 1 aliphatic carbocycles. The molecule has 1 N–H and O–H groups in total. The van der Waals surface area contributed by atoms with Gasteiger partial charge in [0.25, 0.3) is 0 Å². The Labute approximate surface area is 115 Å². The first kappa shape index (κ1) is 12.6. The molecule has 0 saturated heterocycles. The van der Waals surface area contributed by atoms with Gasteiger partial charge in [-0.05, 0) is 36.1 Å². The van der Waals surface area contributed by atoms with E-state index in [4.69, 9.17) is 5.26 Å². The molecule has 0 aliphatic heterocycles. The number of nitrogens with zero attached hydrogens (tertiary/aromatic N) is 1. The summed E-state index contributed by atoms with van der Waals surface area (Å²) in [5.74, 6) is -1.45. The van der Waals surface area contributed by atoms with Crippen LogP contribution in [0.4, 0.5) is 14.5 Å². The summed E-state index contributed by atoms with van der Waals surface area (Å²) >= 11 is 0. The van der Waals surface area contributed by atoms with E-state index in [1.807, 2.05) is 24.3 Å². The van der Waals surface area contributed by atoms with E-state index >= 15 is 0 Å². The fraction of sp³-hybridized carbons (Fsp3) is 0.188. The van der Waals surface area contributed by atoms with E-state index in [9.17, 15) is 8.78 Å². The minimum Gasteiger partial charge on any atom is -0.377 e. The van der Waals surface area contributed by atoms with Gasteiger partial charge in [-0.3, -0.25) is 0 Å². The van der Waals surface area contributed by atoms with Crippen LogP contribution < -0.4 is 5.32 Å². The summed E-state index contributed by atoms with van der Waals surface area (Å²) in [7, 11) is 0. The van der Waals surface area contributed by atoms with E-state index in [1.165, 1.54) is 11.1 Å². The van der Waals surface area contributed by atoms with E-state index in [0.29, 0.717) is 0 Å². The average molecular weight is 270 g/mol. The third-order valence-corrected chi connectivity index (χ3v) is 3.57. The van der Waals surface area contributed by atoms with Gasteiger partial charge in [-0.2, -0.15) is 5.26 Å². The molecule has 0 amide bonds. The third kappa shape index (κ3) is 2.23. The van der Waals surface area contributed by atoms with Gasteiger partial charge in [0, 0.05) is 6.04 Å². The number of anilines is 1. The fourth-order valence-corrected chi connectivity index (χ4v) is 2.64. The Bertz CT molecular complexity index is 656. The van der Waals surface area contributed by atoms with Crippen molar-refractivity contribution < 1.29 is 8.78 Å². The lowest BCUT2D eigenvalue weighted by atomic mass is 10.1. The molecule has 0 bridgehead atoms. The molecule has 2 nitrogen and oxygen atoms in total. The molecule has 0 heterocycles. The van der Waals surface area contributed by atoms with Gasteiger partial charge in [-0.25, -0.2) is 8.78 Å². The topological polar surface area (TPSA) is 35.8 Å². The zero-order valence-corrected chi connectivity index (χ0v) is 10.7. The van der Waals surface area contributed by atoms with E-state index in [2.05, 4.69) is 5.32 Å². The second kappa shape index (κ2) is 4.93. The van der Waals surface area contributed by atoms with Crippen LogP contribution in [0.5, 0.6) is 0 Å².